The van der Waals surface area contributed by atoms with E-state index in [0.717, 1.165) is 73.9 Å². The summed E-state index contributed by atoms with van der Waals surface area (Å²) >= 11 is 1.15. The average Bonchev–Trinajstić information content (AvgIpc) is 3.80. The van der Waals surface area contributed by atoms with Crippen molar-refractivity contribution in [1.29, 1.82) is 0 Å². The van der Waals surface area contributed by atoms with Crippen LogP contribution in [0.4, 0.5) is 5.82 Å². The molecule has 2 aromatic rings. The minimum Gasteiger partial charge on any atom is -0.386 e. The van der Waals surface area contributed by atoms with Crippen molar-refractivity contribution >= 4 is 69.1 Å². The second-order valence-corrected chi connectivity index (χ2v) is 21.7. The van der Waals surface area contributed by atoms with E-state index in [2.05, 4.69) is 53.5 Å². The molecule has 1 aliphatic heterocycles. The zero-order valence-corrected chi connectivity index (χ0v) is 40.9. The maximum atomic E-state index is 12.7. The number of nitrogens with one attached hydrogen (secondary N) is 2. The minimum absolute atomic E-state index is 0.0329. The van der Waals surface area contributed by atoms with Gasteiger partial charge >= 0.3 is 23.5 Å². The van der Waals surface area contributed by atoms with E-state index in [1.807, 2.05) is 0 Å². The van der Waals surface area contributed by atoms with Crippen LogP contribution >= 0.6 is 35.2 Å². The number of aromatic nitrogens is 4. The number of phosphoric acid groups is 3. The second-order valence-electron chi connectivity index (χ2n) is 16.3. The van der Waals surface area contributed by atoms with Gasteiger partial charge < -0.3 is 50.9 Å². The number of hydrogen-bond acceptors (Lipinski definition) is 18. The summed E-state index contributed by atoms with van der Waals surface area (Å²) in [5.41, 5.74) is 4.28. The third-order valence-electron chi connectivity index (χ3n) is 10.2. The summed E-state index contributed by atoms with van der Waals surface area (Å²) in [7, 11) is -16.4. The fraction of sp³-hybridized carbons (Fsp3) is 0.737. The predicted octanol–water partition coefficient (Wildman–Crippen LogP) is 4.31. The summed E-state index contributed by atoms with van der Waals surface area (Å²) in [5, 5.41) is 26.6. The lowest BCUT2D eigenvalue weighted by Gasteiger charge is -2.30. The number of unbranched alkanes of at least 4 members (excludes halogenated alkanes) is 10. The SMILES string of the molecule is CCCCCCC/C=C\CCCCCCCC(=O)SCCNC(=O)CCNC(=O)[C@H](O)C(C)(C)COP(=O)(O)OP(=O)(O)OC[C@H]1O[C@@H](n2cnc3c(N)ncnc32)[C@H](O)[C@@H]1OP(=O)(O)O. The molecule has 0 spiro atoms. The zero-order chi connectivity index (χ0) is 49.0. The van der Waals surface area contributed by atoms with Crippen molar-refractivity contribution in [2.45, 2.75) is 141 Å². The summed E-state index contributed by atoms with van der Waals surface area (Å²) in [6.45, 7) is 2.78. The van der Waals surface area contributed by atoms with Crippen LogP contribution in [0.1, 0.15) is 117 Å². The van der Waals surface area contributed by atoms with E-state index in [1.165, 1.54) is 46.0 Å². The monoisotopic (exact) mass is 1020 g/mol. The molecular weight excluding hydrogens is 951 g/mol. The number of aliphatic hydroxyl groups is 2. The van der Waals surface area contributed by atoms with Crippen molar-refractivity contribution in [3.8, 4) is 0 Å². The summed E-state index contributed by atoms with van der Waals surface area (Å²) in [4.78, 5) is 88.3. The first-order valence-electron chi connectivity index (χ1n) is 21.8. The Balaban J connectivity index is 1.32. The number of thioether (sulfide) groups is 1. The Morgan fingerprint density at radius 1 is 0.909 bits per heavy atom. The predicted molar refractivity (Wildman–Crippen MR) is 242 cm³/mol. The molecule has 3 heterocycles. The molecule has 0 radical (unpaired) electrons. The van der Waals surface area contributed by atoms with Gasteiger partial charge in [0.15, 0.2) is 22.8 Å². The first-order chi connectivity index (χ1) is 31.1. The van der Waals surface area contributed by atoms with Gasteiger partial charge in [0, 0.05) is 37.1 Å². The first kappa shape index (κ1) is 57.6. The molecule has 1 fully saturated rings. The molecule has 0 saturated carbocycles. The van der Waals surface area contributed by atoms with Gasteiger partial charge in [0.05, 0.1) is 19.5 Å². The van der Waals surface area contributed by atoms with Gasteiger partial charge in [-0.05, 0) is 32.1 Å². The fourth-order valence-electron chi connectivity index (χ4n) is 6.53. The number of carbonyl (C=O) groups is 3. The third kappa shape index (κ3) is 20.9. The van der Waals surface area contributed by atoms with Crippen molar-refractivity contribution in [3.05, 3.63) is 24.8 Å². The molecule has 66 heavy (non-hydrogen) atoms. The molecule has 2 aromatic heterocycles. The molecule has 24 nitrogen and oxygen atoms in total. The molecule has 0 aliphatic carbocycles. The number of amides is 2. The van der Waals surface area contributed by atoms with Gasteiger partial charge in [0.2, 0.25) is 11.8 Å². The zero-order valence-electron chi connectivity index (χ0n) is 37.4. The Labute approximate surface area is 388 Å². The Bertz CT molecular complexity index is 2030. The molecule has 2 unspecified atom stereocenters. The van der Waals surface area contributed by atoms with Crippen LogP contribution in [-0.2, 0) is 50.7 Å². The standard InChI is InChI=1S/C38H66N7O17P3S/c1-4-5-6-7-8-9-10-11-12-13-14-15-16-17-18-29(47)66-22-21-40-28(46)19-20-41-36(50)33(49)38(2,3)24-59-65(56,57)62-64(54,55)58-23-27-32(61-63(51,52)53)31(48)37(60-27)45-26-44-30-34(39)42-25-43-35(30)45/h10-11,25-27,31-33,37,48-49H,4-9,12-24H2,1-3H3,(H,40,46)(H,41,50)(H,54,55)(H,56,57)(H2,39,42,43)(H2,51,52,53)/b11-10-/t27-,31-,32-,33+,37-/m1/s1. The van der Waals surface area contributed by atoms with E-state index in [4.69, 9.17) is 19.5 Å². The number of carbonyl (C=O) groups excluding carboxylic acids is 3. The van der Waals surface area contributed by atoms with E-state index < -0.39 is 84.6 Å². The van der Waals surface area contributed by atoms with Crippen LogP contribution < -0.4 is 16.4 Å². The molecule has 7 atom stereocenters. The highest BCUT2D eigenvalue weighted by Crippen LogP contribution is 2.61. The number of rotatable bonds is 33. The van der Waals surface area contributed by atoms with Gasteiger partial charge in [0.1, 0.15) is 36.3 Å². The van der Waals surface area contributed by atoms with Crippen LogP contribution in [0.25, 0.3) is 11.2 Å². The van der Waals surface area contributed by atoms with Gasteiger partial charge in [-0.1, -0.05) is 89.6 Å². The summed E-state index contributed by atoms with van der Waals surface area (Å²) < 4.78 is 62.4. The van der Waals surface area contributed by atoms with Gasteiger partial charge in [-0.25, -0.2) is 28.6 Å². The second kappa shape index (κ2) is 28.1. The lowest BCUT2D eigenvalue weighted by atomic mass is 9.87. The van der Waals surface area contributed by atoms with E-state index >= 15 is 0 Å². The lowest BCUT2D eigenvalue weighted by molar-refractivity contribution is -0.137. The van der Waals surface area contributed by atoms with Crippen molar-refractivity contribution in [2.24, 2.45) is 5.41 Å². The fourth-order valence-corrected chi connectivity index (χ4v) is 10.1. The quantitative estimate of drug-likeness (QED) is 0.0273. The maximum Gasteiger partial charge on any atom is 0.481 e. The van der Waals surface area contributed by atoms with E-state index in [-0.39, 0.29) is 41.6 Å². The highest BCUT2D eigenvalue weighted by atomic mass is 32.2. The highest BCUT2D eigenvalue weighted by molar-refractivity contribution is 8.13. The molecule has 0 bridgehead atoms. The summed E-state index contributed by atoms with van der Waals surface area (Å²) in [6, 6.07) is 0. The number of phosphoric ester groups is 3. The largest absolute Gasteiger partial charge is 0.481 e. The van der Waals surface area contributed by atoms with Crippen molar-refractivity contribution in [1.82, 2.24) is 30.2 Å². The van der Waals surface area contributed by atoms with Crippen molar-refractivity contribution < 1.29 is 80.5 Å². The van der Waals surface area contributed by atoms with Gasteiger partial charge in [-0.2, -0.15) is 4.31 Å². The number of hydrogen-bond donors (Lipinski definition) is 9. The number of aliphatic hydroxyl groups excluding tert-OH is 2. The molecule has 2 amide bonds. The first-order valence-corrected chi connectivity index (χ1v) is 27.3. The maximum absolute atomic E-state index is 12.7. The number of nitrogens with zero attached hydrogens (tertiary/aromatic N) is 4. The van der Waals surface area contributed by atoms with Crippen LogP contribution in [0.5, 0.6) is 0 Å². The average molecular weight is 1020 g/mol. The van der Waals surface area contributed by atoms with Gasteiger partial charge in [-0.15, -0.1) is 0 Å². The van der Waals surface area contributed by atoms with Crippen LogP contribution in [0.15, 0.2) is 24.8 Å². The molecular formula is C38H66N7O17P3S. The van der Waals surface area contributed by atoms with Crippen molar-refractivity contribution in [2.75, 3.05) is 37.8 Å². The molecule has 0 aromatic carbocycles. The Morgan fingerprint density at radius 3 is 2.21 bits per heavy atom. The normalized spacial score (nSPS) is 20.3. The smallest absolute Gasteiger partial charge is 0.386 e. The van der Waals surface area contributed by atoms with Crippen molar-refractivity contribution in [3.63, 3.8) is 0 Å². The third-order valence-corrected chi connectivity index (χ3v) is 14.2. The Kier molecular flexibility index (Phi) is 24.5. The van der Waals surface area contributed by atoms with Crippen LogP contribution in [-0.4, -0.2) is 123 Å². The minimum atomic E-state index is -5.57. The molecule has 28 heteroatoms. The van der Waals surface area contributed by atoms with E-state index in [0.29, 0.717) is 12.2 Å². The highest BCUT2D eigenvalue weighted by Gasteiger charge is 2.50. The van der Waals surface area contributed by atoms with Gasteiger partial charge in [0.25, 0.3) is 0 Å². The van der Waals surface area contributed by atoms with Gasteiger partial charge in [-0.3, -0.25) is 32.5 Å². The number of nitrogens with two attached hydrogens (primary N) is 1. The Hall–Kier alpha value is -2.70. The topological polar surface area (TPSA) is 364 Å². The summed E-state index contributed by atoms with van der Waals surface area (Å²) in [5.74, 6) is -1.03. The number of anilines is 1. The molecule has 376 valence electrons. The molecule has 1 aliphatic rings. The number of fused-ring (bicyclic) bond motifs is 1. The van der Waals surface area contributed by atoms with Crippen LogP contribution in [0.2, 0.25) is 0 Å². The van der Waals surface area contributed by atoms with Crippen LogP contribution in [0, 0.1) is 5.41 Å². The van der Waals surface area contributed by atoms with E-state index in [9.17, 15) is 57.9 Å². The molecule has 3 rings (SSSR count). The van der Waals surface area contributed by atoms with E-state index in [1.54, 1.807) is 0 Å². The number of imidazole rings is 1. The number of nitrogen functional groups attached to an aromatic ring is 1. The number of allylic oxidation sites excluding steroid dienone is 2. The Morgan fingerprint density at radius 2 is 1.55 bits per heavy atom. The molecule has 1 saturated heterocycles. The summed E-state index contributed by atoms with van der Waals surface area (Å²) in [6.07, 6.45) is 12.1. The molecule has 10 N–H and O–H groups in total. The lowest BCUT2D eigenvalue weighted by Crippen LogP contribution is -2.46. The number of ether oxygens (including phenoxy) is 1. The van der Waals surface area contributed by atoms with Crippen LogP contribution in [0.3, 0.4) is 0 Å².